The van der Waals surface area contributed by atoms with Crippen molar-refractivity contribution < 1.29 is 14.1 Å². The lowest BCUT2D eigenvalue weighted by Gasteiger charge is -2.12. The van der Waals surface area contributed by atoms with Gasteiger partial charge in [0.2, 0.25) is 5.91 Å². The van der Waals surface area contributed by atoms with Crippen molar-refractivity contribution in [2.24, 2.45) is 0 Å². The molecule has 2 aromatic carbocycles. The maximum Gasteiger partial charge on any atom is 0.231 e. The number of pyridine rings is 1. The molecule has 8 nitrogen and oxygen atoms in total. The van der Waals surface area contributed by atoms with Gasteiger partial charge in [0.1, 0.15) is 22.8 Å². The van der Waals surface area contributed by atoms with Gasteiger partial charge in [-0.25, -0.2) is 4.98 Å². The highest BCUT2D eigenvalue weighted by atomic mass is 16.5. The van der Waals surface area contributed by atoms with Gasteiger partial charge in [-0.2, -0.15) is 9.78 Å². The highest BCUT2D eigenvalue weighted by Gasteiger charge is 2.18. The van der Waals surface area contributed by atoms with Gasteiger partial charge in [0.05, 0.1) is 19.2 Å². The van der Waals surface area contributed by atoms with Crippen LogP contribution in [0.2, 0.25) is 0 Å². The van der Waals surface area contributed by atoms with Crippen molar-refractivity contribution in [2.45, 2.75) is 34.1 Å². The quantitative estimate of drug-likeness (QED) is 0.401. The second-order valence-electron chi connectivity index (χ2n) is 8.52. The summed E-state index contributed by atoms with van der Waals surface area (Å²) in [6, 6.07) is 13.5. The number of benzene rings is 2. The molecule has 0 unspecified atom stereocenters. The average molecular weight is 456 g/mol. The van der Waals surface area contributed by atoms with E-state index >= 15 is 0 Å². The van der Waals surface area contributed by atoms with Gasteiger partial charge in [0.25, 0.3) is 0 Å². The Bertz CT molecular complexity index is 1560. The Morgan fingerprint density at radius 2 is 1.82 bits per heavy atom. The standard InChI is InChI=1S/C26H25N5O3/c1-14-9-19-20(30-34-22(19)10-15(14)2)13-25(32)27-24-12-17(4)29-31(24)23-11-16(3)18-7-6-8-21(33-5)26(18)28-23/h6-12H,13H2,1-5H3,(H,27,32). The first kappa shape index (κ1) is 21.6. The molecule has 5 rings (SSSR count). The molecule has 0 saturated carbocycles. The van der Waals surface area contributed by atoms with E-state index in [1.165, 1.54) is 0 Å². The molecule has 0 aliphatic rings. The van der Waals surface area contributed by atoms with E-state index in [-0.39, 0.29) is 12.3 Å². The average Bonchev–Trinajstić information content (AvgIpc) is 3.36. The van der Waals surface area contributed by atoms with Gasteiger partial charge in [0.15, 0.2) is 11.4 Å². The molecule has 0 atom stereocenters. The second-order valence-corrected chi connectivity index (χ2v) is 8.52. The first-order valence-electron chi connectivity index (χ1n) is 11.0. The highest BCUT2D eigenvalue weighted by Crippen LogP contribution is 2.29. The molecule has 3 heterocycles. The smallest absolute Gasteiger partial charge is 0.231 e. The molecule has 5 aromatic rings. The van der Waals surface area contributed by atoms with E-state index in [4.69, 9.17) is 14.2 Å². The Morgan fingerprint density at radius 1 is 1.03 bits per heavy atom. The summed E-state index contributed by atoms with van der Waals surface area (Å²) >= 11 is 0. The molecule has 3 aromatic heterocycles. The minimum absolute atomic E-state index is 0.0811. The number of aryl methyl sites for hydroxylation is 4. The number of methoxy groups -OCH3 is 1. The summed E-state index contributed by atoms with van der Waals surface area (Å²) in [4.78, 5) is 17.8. The first-order chi connectivity index (χ1) is 16.3. The van der Waals surface area contributed by atoms with E-state index in [0.29, 0.717) is 28.7 Å². The summed E-state index contributed by atoms with van der Waals surface area (Å²) < 4.78 is 12.6. The molecule has 0 saturated heterocycles. The molecule has 0 aliphatic carbocycles. The Kier molecular flexibility index (Phi) is 5.28. The van der Waals surface area contributed by atoms with Crippen molar-refractivity contribution in [3.63, 3.8) is 0 Å². The van der Waals surface area contributed by atoms with Gasteiger partial charge in [-0.05, 0) is 68.7 Å². The lowest BCUT2D eigenvalue weighted by molar-refractivity contribution is -0.115. The molecule has 1 N–H and O–H groups in total. The minimum atomic E-state index is -0.218. The number of anilines is 1. The summed E-state index contributed by atoms with van der Waals surface area (Å²) in [6.07, 6.45) is 0.0811. The number of carbonyl (C=O) groups is 1. The molecule has 172 valence electrons. The molecule has 8 heteroatoms. The van der Waals surface area contributed by atoms with Crippen LogP contribution in [0, 0.1) is 27.7 Å². The number of aromatic nitrogens is 4. The van der Waals surface area contributed by atoms with Crippen molar-refractivity contribution in [3.05, 3.63) is 70.5 Å². The van der Waals surface area contributed by atoms with Crippen LogP contribution in [0.4, 0.5) is 5.82 Å². The van der Waals surface area contributed by atoms with Crippen LogP contribution < -0.4 is 10.1 Å². The molecular weight excluding hydrogens is 430 g/mol. The van der Waals surface area contributed by atoms with Crippen molar-refractivity contribution >= 4 is 33.6 Å². The number of hydrogen-bond donors (Lipinski definition) is 1. The maximum atomic E-state index is 13.0. The lowest BCUT2D eigenvalue weighted by atomic mass is 10.1. The largest absolute Gasteiger partial charge is 0.494 e. The van der Waals surface area contributed by atoms with Crippen molar-refractivity contribution in [1.29, 1.82) is 0 Å². The van der Waals surface area contributed by atoms with Crippen molar-refractivity contribution in [2.75, 3.05) is 12.4 Å². The number of rotatable bonds is 5. The predicted molar refractivity (Wildman–Crippen MR) is 131 cm³/mol. The first-order valence-corrected chi connectivity index (χ1v) is 11.0. The maximum absolute atomic E-state index is 13.0. The summed E-state index contributed by atoms with van der Waals surface area (Å²) in [7, 11) is 1.62. The summed E-state index contributed by atoms with van der Waals surface area (Å²) in [5.74, 6) is 1.59. The second kappa shape index (κ2) is 8.30. The number of fused-ring (bicyclic) bond motifs is 2. The third kappa shape index (κ3) is 3.77. The summed E-state index contributed by atoms with van der Waals surface area (Å²) in [5.41, 5.74) is 6.05. The number of carbonyl (C=O) groups excluding carboxylic acids is 1. The van der Waals surface area contributed by atoms with Crippen LogP contribution in [-0.2, 0) is 11.2 Å². The van der Waals surface area contributed by atoms with Crippen LogP contribution in [-0.4, -0.2) is 32.9 Å². The third-order valence-electron chi connectivity index (χ3n) is 6.02. The summed E-state index contributed by atoms with van der Waals surface area (Å²) in [6.45, 7) is 7.93. The molecule has 0 aliphatic heterocycles. The zero-order chi connectivity index (χ0) is 24.0. The number of para-hydroxylation sites is 1. The normalized spacial score (nSPS) is 11.3. The fourth-order valence-corrected chi connectivity index (χ4v) is 4.12. The van der Waals surface area contributed by atoms with Crippen LogP contribution >= 0.6 is 0 Å². The minimum Gasteiger partial charge on any atom is -0.494 e. The van der Waals surface area contributed by atoms with Crippen molar-refractivity contribution in [1.82, 2.24) is 19.9 Å². The Hall–Kier alpha value is -4.20. The zero-order valence-electron chi connectivity index (χ0n) is 19.8. The topological polar surface area (TPSA) is 95.1 Å². The van der Waals surface area contributed by atoms with Crippen LogP contribution in [0.5, 0.6) is 5.75 Å². The molecule has 0 fully saturated rings. The molecular formula is C26H25N5O3. The number of nitrogens with one attached hydrogen (secondary N) is 1. The van der Waals surface area contributed by atoms with Crippen LogP contribution in [0.1, 0.15) is 28.1 Å². The van der Waals surface area contributed by atoms with E-state index < -0.39 is 0 Å². The van der Waals surface area contributed by atoms with Gasteiger partial charge in [-0.15, -0.1) is 0 Å². The van der Waals surface area contributed by atoms with E-state index in [1.54, 1.807) is 11.8 Å². The lowest BCUT2D eigenvalue weighted by Crippen LogP contribution is -2.18. The number of ether oxygens (including phenoxy) is 1. The fraction of sp³-hybridized carbons (Fsp3) is 0.231. The zero-order valence-corrected chi connectivity index (χ0v) is 19.8. The Labute approximate surface area is 196 Å². The fourth-order valence-electron chi connectivity index (χ4n) is 4.12. The van der Waals surface area contributed by atoms with Crippen LogP contribution in [0.3, 0.4) is 0 Å². The number of amides is 1. The molecule has 1 amide bonds. The predicted octanol–water partition coefficient (Wildman–Crippen LogP) is 4.99. The van der Waals surface area contributed by atoms with E-state index in [0.717, 1.165) is 38.7 Å². The van der Waals surface area contributed by atoms with E-state index in [9.17, 15) is 4.79 Å². The SMILES string of the molecule is COc1cccc2c(C)cc(-n3nc(C)cc3NC(=O)Cc3noc4cc(C)c(C)cc34)nc12. The number of nitrogens with zero attached hydrogens (tertiary/aromatic N) is 4. The Balaban J connectivity index is 1.47. The Morgan fingerprint density at radius 3 is 2.62 bits per heavy atom. The monoisotopic (exact) mass is 455 g/mol. The summed E-state index contributed by atoms with van der Waals surface area (Å²) in [5, 5.41) is 13.5. The van der Waals surface area contributed by atoms with E-state index in [2.05, 4.69) is 15.6 Å². The van der Waals surface area contributed by atoms with E-state index in [1.807, 2.05) is 70.2 Å². The molecule has 0 radical (unpaired) electrons. The molecule has 0 bridgehead atoms. The van der Waals surface area contributed by atoms with Crippen LogP contribution in [0.15, 0.2) is 47.0 Å². The molecule has 0 spiro atoms. The molecule has 34 heavy (non-hydrogen) atoms. The highest BCUT2D eigenvalue weighted by molar-refractivity contribution is 5.95. The van der Waals surface area contributed by atoms with Gasteiger partial charge in [-0.3, -0.25) is 4.79 Å². The van der Waals surface area contributed by atoms with Gasteiger partial charge >= 0.3 is 0 Å². The van der Waals surface area contributed by atoms with Gasteiger partial charge in [-0.1, -0.05) is 17.3 Å². The van der Waals surface area contributed by atoms with Gasteiger partial charge < -0.3 is 14.6 Å². The van der Waals surface area contributed by atoms with Crippen molar-refractivity contribution in [3.8, 4) is 11.6 Å². The number of hydrogen-bond acceptors (Lipinski definition) is 6. The third-order valence-corrected chi connectivity index (χ3v) is 6.02. The van der Waals surface area contributed by atoms with Gasteiger partial charge in [0, 0.05) is 16.8 Å². The van der Waals surface area contributed by atoms with Crippen LogP contribution in [0.25, 0.3) is 27.7 Å².